The zero-order valence-corrected chi connectivity index (χ0v) is 14.6. The van der Waals surface area contributed by atoms with Crippen LogP contribution in [0.3, 0.4) is 0 Å². The topological polar surface area (TPSA) is 29.3 Å². The summed E-state index contributed by atoms with van der Waals surface area (Å²) in [7, 11) is 0. The molecule has 0 saturated heterocycles. The third-order valence-corrected chi connectivity index (χ3v) is 4.20. The number of hydrogen-bond acceptors (Lipinski definition) is 2. The molecule has 120 valence electrons. The molecule has 0 radical (unpaired) electrons. The Balaban J connectivity index is 2.88. The van der Waals surface area contributed by atoms with Gasteiger partial charge in [0.05, 0.1) is 0 Å². The summed E-state index contributed by atoms with van der Waals surface area (Å²) in [5.74, 6) is 1.48. The highest BCUT2D eigenvalue weighted by Gasteiger charge is 2.20. The van der Waals surface area contributed by atoms with Gasteiger partial charge >= 0.3 is 0 Å². The normalized spacial score (nSPS) is 13.4. The van der Waals surface area contributed by atoms with Crippen molar-refractivity contribution in [1.82, 2.24) is 4.90 Å². The van der Waals surface area contributed by atoms with Gasteiger partial charge in [-0.15, -0.1) is 0 Å². The van der Waals surface area contributed by atoms with Crippen LogP contribution in [0.5, 0.6) is 0 Å². The SMILES string of the molecule is Cc1ccccc1C(CN)N(CCC(C)C)CCC(C)C. The fraction of sp³-hybridized carbons (Fsp3) is 0.684. The Bertz CT molecular complexity index is 386. The molecule has 2 heteroatoms. The van der Waals surface area contributed by atoms with Crippen molar-refractivity contribution in [2.45, 2.75) is 53.5 Å². The van der Waals surface area contributed by atoms with E-state index in [4.69, 9.17) is 5.73 Å². The van der Waals surface area contributed by atoms with Gasteiger partial charge in [0.1, 0.15) is 0 Å². The van der Waals surface area contributed by atoms with Gasteiger partial charge in [0.15, 0.2) is 0 Å². The van der Waals surface area contributed by atoms with Crippen LogP contribution in [0.1, 0.15) is 57.7 Å². The monoisotopic (exact) mass is 290 g/mol. The lowest BCUT2D eigenvalue weighted by Crippen LogP contribution is -2.36. The molecule has 0 aliphatic heterocycles. The number of nitrogens with zero attached hydrogens (tertiary/aromatic N) is 1. The van der Waals surface area contributed by atoms with Gasteiger partial charge < -0.3 is 5.73 Å². The van der Waals surface area contributed by atoms with Crippen LogP contribution < -0.4 is 5.73 Å². The molecule has 1 aromatic carbocycles. The first-order chi connectivity index (χ1) is 9.95. The van der Waals surface area contributed by atoms with Gasteiger partial charge in [0, 0.05) is 12.6 Å². The molecular formula is C19H34N2. The molecule has 1 aromatic rings. The maximum absolute atomic E-state index is 6.15. The summed E-state index contributed by atoms with van der Waals surface area (Å²) in [6, 6.07) is 9.03. The Labute approximate surface area is 131 Å². The lowest BCUT2D eigenvalue weighted by molar-refractivity contribution is 0.180. The van der Waals surface area contributed by atoms with Crippen molar-refractivity contribution in [2.75, 3.05) is 19.6 Å². The zero-order valence-electron chi connectivity index (χ0n) is 14.6. The molecule has 0 bridgehead atoms. The summed E-state index contributed by atoms with van der Waals surface area (Å²) < 4.78 is 0. The van der Waals surface area contributed by atoms with Crippen molar-refractivity contribution in [3.05, 3.63) is 35.4 Å². The highest BCUT2D eigenvalue weighted by atomic mass is 15.2. The summed E-state index contributed by atoms with van der Waals surface area (Å²) in [6.45, 7) is 14.4. The van der Waals surface area contributed by atoms with Crippen molar-refractivity contribution < 1.29 is 0 Å². The molecule has 1 unspecified atom stereocenters. The molecule has 21 heavy (non-hydrogen) atoms. The Hall–Kier alpha value is -0.860. The Kier molecular flexibility index (Phi) is 7.98. The van der Waals surface area contributed by atoms with Crippen LogP contribution in [-0.2, 0) is 0 Å². The second-order valence-electron chi connectivity index (χ2n) is 7.01. The standard InChI is InChI=1S/C19H34N2/c1-15(2)10-12-21(13-11-16(3)4)19(14-20)18-9-7-6-8-17(18)5/h6-9,15-16,19H,10-14,20H2,1-5H3. The van der Waals surface area contributed by atoms with Crippen LogP contribution in [0, 0.1) is 18.8 Å². The van der Waals surface area contributed by atoms with Crippen molar-refractivity contribution >= 4 is 0 Å². The second-order valence-corrected chi connectivity index (χ2v) is 7.01. The van der Waals surface area contributed by atoms with Gasteiger partial charge in [0.25, 0.3) is 0 Å². The minimum atomic E-state index is 0.351. The molecule has 2 nitrogen and oxygen atoms in total. The predicted octanol–water partition coefficient (Wildman–Crippen LogP) is 4.39. The van der Waals surface area contributed by atoms with Crippen LogP contribution in [0.25, 0.3) is 0 Å². The van der Waals surface area contributed by atoms with Crippen LogP contribution >= 0.6 is 0 Å². The first-order valence-electron chi connectivity index (χ1n) is 8.45. The third-order valence-electron chi connectivity index (χ3n) is 4.20. The molecule has 0 aliphatic carbocycles. The van der Waals surface area contributed by atoms with Crippen LogP contribution in [0.4, 0.5) is 0 Å². The van der Waals surface area contributed by atoms with Gasteiger partial charge in [-0.3, -0.25) is 4.90 Å². The maximum atomic E-state index is 6.15. The summed E-state index contributed by atoms with van der Waals surface area (Å²) in [5.41, 5.74) is 8.90. The molecular weight excluding hydrogens is 256 g/mol. The molecule has 0 fully saturated rings. The average molecular weight is 290 g/mol. The highest BCUT2D eigenvalue weighted by molar-refractivity contribution is 5.29. The maximum Gasteiger partial charge on any atom is 0.0473 e. The average Bonchev–Trinajstić information content (AvgIpc) is 2.43. The van der Waals surface area contributed by atoms with Gasteiger partial charge in [0.2, 0.25) is 0 Å². The van der Waals surface area contributed by atoms with Crippen molar-refractivity contribution in [2.24, 2.45) is 17.6 Å². The van der Waals surface area contributed by atoms with E-state index in [-0.39, 0.29) is 0 Å². The van der Waals surface area contributed by atoms with E-state index in [0.29, 0.717) is 12.6 Å². The highest BCUT2D eigenvalue weighted by Crippen LogP contribution is 2.24. The number of aryl methyl sites for hydroxylation is 1. The second kappa shape index (κ2) is 9.22. The molecule has 0 aliphatic rings. The number of rotatable bonds is 9. The van der Waals surface area contributed by atoms with Crippen LogP contribution in [0.2, 0.25) is 0 Å². The van der Waals surface area contributed by atoms with Crippen LogP contribution in [-0.4, -0.2) is 24.5 Å². The smallest absolute Gasteiger partial charge is 0.0473 e. The van der Waals surface area contributed by atoms with Gasteiger partial charge in [-0.2, -0.15) is 0 Å². The zero-order chi connectivity index (χ0) is 15.8. The van der Waals surface area contributed by atoms with E-state index in [1.165, 1.54) is 24.0 Å². The van der Waals surface area contributed by atoms with Crippen molar-refractivity contribution in [3.8, 4) is 0 Å². The lowest BCUT2D eigenvalue weighted by Gasteiger charge is -2.33. The number of hydrogen-bond donors (Lipinski definition) is 1. The lowest BCUT2D eigenvalue weighted by atomic mass is 9.98. The molecule has 2 N–H and O–H groups in total. The van der Waals surface area contributed by atoms with E-state index >= 15 is 0 Å². The van der Waals surface area contributed by atoms with Crippen molar-refractivity contribution in [1.29, 1.82) is 0 Å². The number of benzene rings is 1. The van der Waals surface area contributed by atoms with E-state index < -0.39 is 0 Å². The minimum Gasteiger partial charge on any atom is -0.329 e. The van der Waals surface area contributed by atoms with Gasteiger partial charge in [-0.1, -0.05) is 52.0 Å². The Morgan fingerprint density at radius 1 is 0.952 bits per heavy atom. The Morgan fingerprint density at radius 2 is 1.48 bits per heavy atom. The van der Waals surface area contributed by atoms with E-state index in [0.717, 1.165) is 24.9 Å². The molecule has 1 rings (SSSR count). The quantitative estimate of drug-likeness (QED) is 0.731. The van der Waals surface area contributed by atoms with Gasteiger partial charge in [-0.25, -0.2) is 0 Å². The summed E-state index contributed by atoms with van der Waals surface area (Å²) in [6.07, 6.45) is 2.47. The Morgan fingerprint density at radius 3 is 1.90 bits per heavy atom. The predicted molar refractivity (Wildman–Crippen MR) is 93.5 cm³/mol. The summed E-state index contributed by atoms with van der Waals surface area (Å²) in [5, 5.41) is 0. The minimum absolute atomic E-state index is 0.351. The number of nitrogens with two attached hydrogens (primary N) is 1. The van der Waals surface area contributed by atoms with Crippen LogP contribution in [0.15, 0.2) is 24.3 Å². The van der Waals surface area contributed by atoms with Crippen molar-refractivity contribution in [3.63, 3.8) is 0 Å². The molecule has 0 spiro atoms. The molecule has 1 atom stereocenters. The molecule has 0 amide bonds. The van der Waals surface area contributed by atoms with E-state index in [9.17, 15) is 0 Å². The first-order valence-corrected chi connectivity index (χ1v) is 8.45. The molecule has 0 saturated carbocycles. The first kappa shape index (κ1) is 18.2. The van der Waals surface area contributed by atoms with E-state index in [2.05, 4.69) is 63.8 Å². The van der Waals surface area contributed by atoms with E-state index in [1.54, 1.807) is 0 Å². The molecule has 0 heterocycles. The third kappa shape index (κ3) is 6.19. The summed E-state index contributed by atoms with van der Waals surface area (Å²) in [4.78, 5) is 2.60. The van der Waals surface area contributed by atoms with E-state index in [1.807, 2.05) is 0 Å². The molecule has 0 aromatic heterocycles. The fourth-order valence-corrected chi connectivity index (χ4v) is 2.70. The largest absolute Gasteiger partial charge is 0.329 e. The fourth-order valence-electron chi connectivity index (χ4n) is 2.70. The van der Waals surface area contributed by atoms with Gasteiger partial charge in [-0.05, 0) is 55.8 Å². The summed E-state index contributed by atoms with van der Waals surface area (Å²) >= 11 is 0.